The van der Waals surface area contributed by atoms with Crippen LogP contribution < -0.4 is 9.62 Å². The van der Waals surface area contributed by atoms with Crippen LogP contribution in [0.5, 0.6) is 0 Å². The summed E-state index contributed by atoms with van der Waals surface area (Å²) in [7, 11) is -0.123. The Bertz CT molecular complexity index is 572. The SMILES string of the molecule is CN(C)c1ccc(Br)c(S(=O)(=O)NCCC(=O)O)c1. The van der Waals surface area contributed by atoms with Crippen molar-refractivity contribution in [2.24, 2.45) is 0 Å². The minimum atomic E-state index is -3.73. The van der Waals surface area contributed by atoms with Crippen LogP contribution in [0.1, 0.15) is 6.42 Å². The molecule has 106 valence electrons. The van der Waals surface area contributed by atoms with E-state index in [9.17, 15) is 13.2 Å². The van der Waals surface area contributed by atoms with Gasteiger partial charge in [0, 0.05) is 30.8 Å². The number of aliphatic carboxylic acids is 1. The van der Waals surface area contributed by atoms with Gasteiger partial charge in [0.25, 0.3) is 0 Å². The first-order valence-electron chi connectivity index (χ1n) is 5.42. The number of hydrogen-bond acceptors (Lipinski definition) is 4. The number of nitrogens with one attached hydrogen (secondary N) is 1. The van der Waals surface area contributed by atoms with Gasteiger partial charge in [0.15, 0.2) is 0 Å². The van der Waals surface area contributed by atoms with Crippen LogP contribution in [0, 0.1) is 0 Å². The van der Waals surface area contributed by atoms with E-state index in [1.807, 2.05) is 0 Å². The Morgan fingerprint density at radius 1 is 1.42 bits per heavy atom. The van der Waals surface area contributed by atoms with E-state index in [2.05, 4.69) is 20.7 Å². The summed E-state index contributed by atoms with van der Waals surface area (Å²) in [5.41, 5.74) is 0.738. The van der Waals surface area contributed by atoms with Gasteiger partial charge in [-0.1, -0.05) is 0 Å². The lowest BCUT2D eigenvalue weighted by molar-refractivity contribution is -0.136. The summed E-state index contributed by atoms with van der Waals surface area (Å²) >= 11 is 3.18. The van der Waals surface area contributed by atoms with Crippen molar-refractivity contribution in [3.05, 3.63) is 22.7 Å². The van der Waals surface area contributed by atoms with Gasteiger partial charge in [0.2, 0.25) is 10.0 Å². The first-order chi connectivity index (χ1) is 8.74. The van der Waals surface area contributed by atoms with Gasteiger partial charge in [-0.15, -0.1) is 0 Å². The van der Waals surface area contributed by atoms with Crippen molar-refractivity contribution >= 4 is 37.6 Å². The average Bonchev–Trinajstić information content (AvgIpc) is 2.28. The predicted octanol–water partition coefficient (Wildman–Crippen LogP) is 1.27. The number of hydrogen-bond donors (Lipinski definition) is 2. The molecule has 1 rings (SSSR count). The van der Waals surface area contributed by atoms with E-state index in [0.29, 0.717) is 4.47 Å². The summed E-state index contributed by atoms with van der Waals surface area (Å²) in [6.07, 6.45) is -0.260. The van der Waals surface area contributed by atoms with Crippen molar-refractivity contribution in [2.75, 3.05) is 25.5 Å². The number of nitrogens with zero attached hydrogens (tertiary/aromatic N) is 1. The van der Waals surface area contributed by atoms with Gasteiger partial charge in [-0.2, -0.15) is 0 Å². The van der Waals surface area contributed by atoms with E-state index in [1.54, 1.807) is 31.1 Å². The van der Waals surface area contributed by atoms with Crippen molar-refractivity contribution < 1.29 is 18.3 Å². The van der Waals surface area contributed by atoms with Gasteiger partial charge in [-0.25, -0.2) is 13.1 Å². The lowest BCUT2D eigenvalue weighted by Gasteiger charge is -2.15. The molecule has 0 aromatic heterocycles. The topological polar surface area (TPSA) is 86.7 Å². The molecule has 1 aromatic rings. The molecule has 0 saturated heterocycles. The second kappa shape index (κ2) is 6.36. The highest BCUT2D eigenvalue weighted by molar-refractivity contribution is 9.10. The van der Waals surface area contributed by atoms with Crippen LogP contribution in [0.4, 0.5) is 5.69 Å². The molecule has 19 heavy (non-hydrogen) atoms. The molecule has 0 aliphatic heterocycles. The monoisotopic (exact) mass is 350 g/mol. The molecule has 0 atom stereocenters. The van der Waals surface area contributed by atoms with Gasteiger partial charge in [-0.3, -0.25) is 4.79 Å². The van der Waals surface area contributed by atoms with Crippen LogP contribution in [-0.2, 0) is 14.8 Å². The Balaban J connectivity index is 3.00. The molecule has 0 radical (unpaired) electrons. The Morgan fingerprint density at radius 3 is 2.58 bits per heavy atom. The molecule has 0 amide bonds. The quantitative estimate of drug-likeness (QED) is 0.806. The highest BCUT2D eigenvalue weighted by atomic mass is 79.9. The van der Waals surface area contributed by atoms with Crippen LogP contribution in [0.15, 0.2) is 27.6 Å². The number of carboxylic acids is 1. The molecule has 6 nitrogen and oxygen atoms in total. The Kier molecular flexibility index (Phi) is 5.33. The first-order valence-corrected chi connectivity index (χ1v) is 7.70. The molecule has 1 aromatic carbocycles. The summed E-state index contributed by atoms with van der Waals surface area (Å²) in [5.74, 6) is -1.05. The number of sulfonamides is 1. The molecular formula is C11H15BrN2O4S. The van der Waals surface area contributed by atoms with Crippen molar-refractivity contribution in [2.45, 2.75) is 11.3 Å². The fraction of sp³-hybridized carbons (Fsp3) is 0.364. The maximum absolute atomic E-state index is 12.1. The van der Waals surface area contributed by atoms with E-state index in [0.717, 1.165) is 5.69 Å². The molecule has 2 N–H and O–H groups in total. The third-order valence-corrected chi connectivity index (χ3v) is 4.81. The summed E-state index contributed by atoms with van der Waals surface area (Å²) in [4.78, 5) is 12.2. The second-order valence-corrected chi connectivity index (χ2v) is 6.64. The third kappa shape index (κ3) is 4.48. The zero-order valence-corrected chi connectivity index (χ0v) is 13.0. The van der Waals surface area contributed by atoms with Crippen molar-refractivity contribution in [3.8, 4) is 0 Å². The molecule has 0 unspecified atom stereocenters. The minimum Gasteiger partial charge on any atom is -0.481 e. The number of anilines is 1. The first kappa shape index (κ1) is 15.9. The highest BCUT2D eigenvalue weighted by Gasteiger charge is 2.18. The van der Waals surface area contributed by atoms with E-state index in [1.165, 1.54) is 6.07 Å². The average molecular weight is 351 g/mol. The molecule has 0 aliphatic carbocycles. The summed E-state index contributed by atoms with van der Waals surface area (Å²) in [6, 6.07) is 4.94. The third-order valence-electron chi connectivity index (χ3n) is 2.35. The van der Waals surface area contributed by atoms with Crippen molar-refractivity contribution in [3.63, 3.8) is 0 Å². The predicted molar refractivity (Wildman–Crippen MR) is 75.9 cm³/mol. The van der Waals surface area contributed by atoms with Crippen LogP contribution in [0.25, 0.3) is 0 Å². The Hall–Kier alpha value is -1.12. The molecule has 0 saturated carbocycles. The van der Waals surface area contributed by atoms with E-state index < -0.39 is 16.0 Å². The molecule has 0 spiro atoms. The second-order valence-electron chi connectivity index (χ2n) is 4.05. The number of halogens is 1. The maximum atomic E-state index is 12.1. The van der Waals surface area contributed by atoms with Gasteiger partial charge in [0.05, 0.1) is 11.3 Å². The number of benzene rings is 1. The van der Waals surface area contributed by atoms with Crippen LogP contribution in [0.2, 0.25) is 0 Å². The van der Waals surface area contributed by atoms with E-state index in [4.69, 9.17) is 5.11 Å². The normalized spacial score (nSPS) is 11.3. The van der Waals surface area contributed by atoms with E-state index >= 15 is 0 Å². The zero-order valence-electron chi connectivity index (χ0n) is 10.6. The molecule has 0 aliphatic rings. The highest BCUT2D eigenvalue weighted by Crippen LogP contribution is 2.26. The lowest BCUT2D eigenvalue weighted by atomic mass is 10.3. The fourth-order valence-electron chi connectivity index (χ4n) is 1.35. The molecule has 0 fully saturated rings. The molecule has 0 heterocycles. The van der Waals surface area contributed by atoms with Crippen molar-refractivity contribution in [1.29, 1.82) is 0 Å². The van der Waals surface area contributed by atoms with Gasteiger partial charge < -0.3 is 10.0 Å². The van der Waals surface area contributed by atoms with Crippen molar-refractivity contribution in [1.82, 2.24) is 4.72 Å². The fourth-order valence-corrected chi connectivity index (χ4v) is 3.36. The van der Waals surface area contributed by atoms with Gasteiger partial charge in [-0.05, 0) is 34.1 Å². The molecular weight excluding hydrogens is 336 g/mol. The van der Waals surface area contributed by atoms with Gasteiger partial charge >= 0.3 is 5.97 Å². The summed E-state index contributed by atoms with van der Waals surface area (Å²) < 4.78 is 26.8. The van der Waals surface area contributed by atoms with E-state index in [-0.39, 0.29) is 17.9 Å². The number of carboxylic acid groups (broad SMARTS) is 1. The number of carbonyl (C=O) groups is 1. The molecule has 8 heteroatoms. The largest absolute Gasteiger partial charge is 0.481 e. The standard InChI is InChI=1S/C11H15BrN2O4S/c1-14(2)8-3-4-9(12)10(7-8)19(17,18)13-6-5-11(15)16/h3-4,7,13H,5-6H2,1-2H3,(H,15,16). The smallest absolute Gasteiger partial charge is 0.304 e. The van der Waals surface area contributed by atoms with Crippen LogP contribution in [0.3, 0.4) is 0 Å². The number of rotatable bonds is 6. The van der Waals surface area contributed by atoms with Gasteiger partial charge in [0.1, 0.15) is 0 Å². The molecule has 0 bridgehead atoms. The minimum absolute atomic E-state index is 0.0871. The summed E-state index contributed by atoms with van der Waals surface area (Å²) in [6.45, 7) is -0.143. The lowest BCUT2D eigenvalue weighted by Crippen LogP contribution is -2.26. The Morgan fingerprint density at radius 2 is 2.05 bits per heavy atom. The van der Waals surface area contributed by atoms with Crippen LogP contribution >= 0.6 is 15.9 Å². The maximum Gasteiger partial charge on any atom is 0.304 e. The summed E-state index contributed by atoms with van der Waals surface area (Å²) in [5, 5.41) is 8.50. The zero-order chi connectivity index (χ0) is 14.6. The van der Waals surface area contributed by atoms with Crippen LogP contribution in [-0.4, -0.2) is 40.1 Å². The Labute approximate surface area is 120 Å².